The van der Waals surface area contributed by atoms with Gasteiger partial charge in [0.15, 0.2) is 6.10 Å². The van der Waals surface area contributed by atoms with Crippen LogP contribution in [0.2, 0.25) is 0 Å². The molecule has 0 bridgehead atoms. The fourth-order valence-corrected chi connectivity index (χ4v) is 3.02. The van der Waals surface area contributed by atoms with Gasteiger partial charge in [-0.2, -0.15) is 0 Å². The Balaban J connectivity index is 2.30. The normalized spacial score (nSPS) is 15.6. The molecule has 1 heterocycles. The van der Waals surface area contributed by atoms with Gasteiger partial charge in [0.1, 0.15) is 4.32 Å². The molecule has 1 aliphatic heterocycles. The highest BCUT2D eigenvalue weighted by molar-refractivity contribution is 8.23. The molecule has 0 aromatic rings. The molecule has 1 aliphatic rings. The third-order valence-electron chi connectivity index (χ3n) is 3.08. The lowest BCUT2D eigenvalue weighted by Crippen LogP contribution is -2.50. The number of esters is 1. The first kappa shape index (κ1) is 20.7. The molecule has 2 N–H and O–H groups in total. The fraction of sp³-hybridized carbons (Fsp3) is 0.733. The molecule has 1 atom stereocenters. The highest BCUT2D eigenvalue weighted by Gasteiger charge is 2.23. The Hall–Kier alpha value is -1.35. The molecular weight excluding hydrogens is 350 g/mol. The second-order valence-corrected chi connectivity index (χ2v) is 8.18. The zero-order chi connectivity index (χ0) is 18.3. The SMILES string of the molecule is C[C@H](OC(=O)CSC(=S)N1CCCC1)C(=O)NC(=O)NC(C)(C)C. The molecule has 9 heteroatoms. The van der Waals surface area contributed by atoms with Crippen LogP contribution in [-0.2, 0) is 14.3 Å². The van der Waals surface area contributed by atoms with E-state index in [0.29, 0.717) is 4.32 Å². The molecule has 0 aliphatic carbocycles. The molecule has 3 amide bonds. The van der Waals surface area contributed by atoms with E-state index in [4.69, 9.17) is 17.0 Å². The van der Waals surface area contributed by atoms with Gasteiger partial charge < -0.3 is 15.0 Å². The van der Waals surface area contributed by atoms with Crippen LogP contribution in [0.15, 0.2) is 0 Å². The summed E-state index contributed by atoms with van der Waals surface area (Å²) in [6, 6.07) is -0.625. The predicted molar refractivity (Wildman–Crippen MR) is 97.8 cm³/mol. The molecule has 0 spiro atoms. The topological polar surface area (TPSA) is 87.7 Å². The van der Waals surface area contributed by atoms with E-state index in [1.165, 1.54) is 18.7 Å². The molecule has 7 nitrogen and oxygen atoms in total. The van der Waals surface area contributed by atoms with Gasteiger partial charge in [0, 0.05) is 18.6 Å². The number of carbonyl (C=O) groups is 3. The zero-order valence-corrected chi connectivity index (χ0v) is 16.1. The Morgan fingerprint density at radius 3 is 2.38 bits per heavy atom. The van der Waals surface area contributed by atoms with Gasteiger partial charge >= 0.3 is 12.0 Å². The maximum atomic E-state index is 11.8. The van der Waals surface area contributed by atoms with Gasteiger partial charge in [0.2, 0.25) is 0 Å². The average Bonchev–Trinajstić information content (AvgIpc) is 2.96. The zero-order valence-electron chi connectivity index (χ0n) is 14.5. The summed E-state index contributed by atoms with van der Waals surface area (Å²) in [5.41, 5.74) is -0.466. The number of ether oxygens (including phenoxy) is 1. The third-order valence-corrected chi connectivity index (χ3v) is 4.58. The van der Waals surface area contributed by atoms with E-state index in [1.54, 1.807) is 20.8 Å². The second-order valence-electron chi connectivity index (χ2n) is 6.57. The minimum absolute atomic E-state index is 0.0428. The Morgan fingerprint density at radius 1 is 1.25 bits per heavy atom. The molecule has 0 radical (unpaired) electrons. The van der Waals surface area contributed by atoms with Gasteiger partial charge in [0.25, 0.3) is 5.91 Å². The van der Waals surface area contributed by atoms with Crippen LogP contribution >= 0.6 is 24.0 Å². The summed E-state index contributed by atoms with van der Waals surface area (Å²) in [6.07, 6.45) is 1.17. The Bertz CT molecular complexity index is 499. The largest absolute Gasteiger partial charge is 0.452 e. The summed E-state index contributed by atoms with van der Waals surface area (Å²) in [6.45, 7) is 8.63. The molecule has 0 aromatic carbocycles. The summed E-state index contributed by atoms with van der Waals surface area (Å²) in [4.78, 5) is 37.3. The molecule has 24 heavy (non-hydrogen) atoms. The summed E-state index contributed by atoms with van der Waals surface area (Å²) in [7, 11) is 0. The Labute approximate surface area is 152 Å². The molecule has 0 unspecified atom stereocenters. The number of thiocarbonyl (C=S) groups is 1. The molecule has 136 valence electrons. The summed E-state index contributed by atoms with van der Waals surface area (Å²) < 4.78 is 5.70. The monoisotopic (exact) mass is 375 g/mol. The van der Waals surface area contributed by atoms with Gasteiger partial charge in [-0.05, 0) is 40.5 Å². The number of imide groups is 1. The first-order chi connectivity index (χ1) is 11.1. The van der Waals surface area contributed by atoms with Crippen molar-refractivity contribution in [3.8, 4) is 0 Å². The lowest BCUT2D eigenvalue weighted by atomic mass is 10.1. The van der Waals surface area contributed by atoms with Gasteiger partial charge in [-0.1, -0.05) is 24.0 Å². The first-order valence-corrected chi connectivity index (χ1v) is 9.22. The van der Waals surface area contributed by atoms with Crippen molar-refractivity contribution in [3.05, 3.63) is 0 Å². The Kier molecular flexibility index (Phi) is 7.95. The summed E-state index contributed by atoms with van der Waals surface area (Å²) in [5, 5.41) is 4.74. The van der Waals surface area contributed by atoms with Crippen molar-refractivity contribution >= 4 is 46.2 Å². The molecule has 0 saturated carbocycles. The number of nitrogens with zero attached hydrogens (tertiary/aromatic N) is 1. The second kappa shape index (κ2) is 9.22. The van der Waals surface area contributed by atoms with Crippen molar-refractivity contribution < 1.29 is 19.1 Å². The minimum Gasteiger partial charge on any atom is -0.452 e. The van der Waals surface area contributed by atoms with E-state index in [2.05, 4.69) is 15.5 Å². The minimum atomic E-state index is -1.05. The van der Waals surface area contributed by atoms with Crippen LogP contribution in [0.3, 0.4) is 0 Å². The fourth-order valence-electron chi connectivity index (χ4n) is 1.98. The number of hydrogen-bond acceptors (Lipinski definition) is 6. The molecular formula is C15H25N3O4S2. The summed E-state index contributed by atoms with van der Waals surface area (Å²) in [5.74, 6) is -1.17. The maximum Gasteiger partial charge on any atom is 0.321 e. The average molecular weight is 376 g/mol. The van der Waals surface area contributed by atoms with E-state index in [0.717, 1.165) is 25.9 Å². The van der Waals surface area contributed by atoms with E-state index in [-0.39, 0.29) is 5.75 Å². The standard InChI is InChI=1S/C15H25N3O4S2/c1-10(12(20)16-13(21)17-15(2,3)4)22-11(19)9-24-14(23)18-7-5-6-8-18/h10H,5-9H2,1-4H3,(H2,16,17,20,21)/t10-/m0/s1. The van der Waals surface area contributed by atoms with Crippen molar-refractivity contribution in [2.45, 2.75) is 52.2 Å². The van der Waals surface area contributed by atoms with E-state index in [9.17, 15) is 14.4 Å². The number of thioether (sulfide) groups is 1. The van der Waals surface area contributed by atoms with Crippen LogP contribution in [-0.4, -0.2) is 57.6 Å². The number of likely N-dealkylation sites (tertiary alicyclic amines) is 1. The van der Waals surface area contributed by atoms with Crippen LogP contribution in [0, 0.1) is 0 Å². The van der Waals surface area contributed by atoms with Crippen molar-refractivity contribution in [1.82, 2.24) is 15.5 Å². The van der Waals surface area contributed by atoms with Crippen LogP contribution < -0.4 is 10.6 Å². The quantitative estimate of drug-likeness (QED) is 0.571. The van der Waals surface area contributed by atoms with Crippen molar-refractivity contribution in [3.63, 3.8) is 0 Å². The number of amides is 3. The van der Waals surface area contributed by atoms with Gasteiger partial charge in [0.05, 0.1) is 5.75 Å². The smallest absolute Gasteiger partial charge is 0.321 e. The number of carbonyl (C=O) groups excluding carboxylic acids is 3. The van der Waals surface area contributed by atoms with Crippen LogP contribution in [0.5, 0.6) is 0 Å². The maximum absolute atomic E-state index is 11.8. The molecule has 1 saturated heterocycles. The van der Waals surface area contributed by atoms with Crippen LogP contribution in [0.1, 0.15) is 40.5 Å². The number of rotatable bonds is 4. The number of urea groups is 1. The Morgan fingerprint density at radius 2 is 1.83 bits per heavy atom. The van der Waals surface area contributed by atoms with Crippen molar-refractivity contribution in [2.24, 2.45) is 0 Å². The highest BCUT2D eigenvalue weighted by atomic mass is 32.2. The molecule has 1 rings (SSSR count). The van der Waals surface area contributed by atoms with Crippen molar-refractivity contribution in [2.75, 3.05) is 18.8 Å². The first-order valence-electron chi connectivity index (χ1n) is 7.82. The van der Waals surface area contributed by atoms with E-state index in [1.807, 2.05) is 0 Å². The summed E-state index contributed by atoms with van der Waals surface area (Å²) >= 11 is 6.48. The number of nitrogens with one attached hydrogen (secondary N) is 2. The molecule has 1 fully saturated rings. The van der Waals surface area contributed by atoms with Crippen LogP contribution in [0.4, 0.5) is 4.79 Å². The van der Waals surface area contributed by atoms with Crippen LogP contribution in [0.25, 0.3) is 0 Å². The van der Waals surface area contributed by atoms with E-state index >= 15 is 0 Å². The van der Waals surface area contributed by atoms with Gasteiger partial charge in [-0.15, -0.1) is 0 Å². The lowest BCUT2D eigenvalue weighted by molar-refractivity contribution is -0.151. The number of hydrogen-bond donors (Lipinski definition) is 2. The van der Waals surface area contributed by atoms with Gasteiger partial charge in [-0.3, -0.25) is 14.9 Å². The van der Waals surface area contributed by atoms with Gasteiger partial charge in [-0.25, -0.2) is 4.79 Å². The third kappa shape index (κ3) is 7.96. The van der Waals surface area contributed by atoms with E-state index < -0.39 is 29.6 Å². The highest BCUT2D eigenvalue weighted by Crippen LogP contribution is 2.16. The lowest BCUT2D eigenvalue weighted by Gasteiger charge is -2.21. The molecule has 0 aromatic heterocycles. The van der Waals surface area contributed by atoms with Crippen molar-refractivity contribution in [1.29, 1.82) is 0 Å². The predicted octanol–water partition coefficient (Wildman–Crippen LogP) is 1.66.